The van der Waals surface area contributed by atoms with Crippen LogP contribution in [0.3, 0.4) is 0 Å². The number of primary amides is 1. The van der Waals surface area contributed by atoms with Crippen LogP contribution in [0.1, 0.15) is 36.3 Å². The first kappa shape index (κ1) is 22.5. The van der Waals surface area contributed by atoms with E-state index >= 15 is 0 Å². The predicted molar refractivity (Wildman–Crippen MR) is 119 cm³/mol. The maximum Gasteiger partial charge on any atom is 0.246 e. The van der Waals surface area contributed by atoms with Crippen molar-refractivity contribution < 1.29 is 13.9 Å². The molecular weight excluding hydrogens is 469 g/mol. The quantitative estimate of drug-likeness (QED) is 0.370. The fourth-order valence-corrected chi connectivity index (χ4v) is 4.08. The normalized spacial score (nSPS) is 12.1. The second-order valence-electron chi connectivity index (χ2n) is 6.94. The number of ether oxygens (including phenoxy) is 1. The van der Waals surface area contributed by atoms with Gasteiger partial charge in [0.1, 0.15) is 21.9 Å². The Morgan fingerprint density at radius 1 is 1.07 bits per heavy atom. The van der Waals surface area contributed by atoms with Gasteiger partial charge in [-0.2, -0.15) is 0 Å². The molecular formula is C22H23BrFN3O2S. The molecule has 0 fully saturated rings. The number of halogens is 2. The van der Waals surface area contributed by atoms with Gasteiger partial charge in [0.05, 0.1) is 6.61 Å². The summed E-state index contributed by atoms with van der Waals surface area (Å²) >= 11 is 5.04. The van der Waals surface area contributed by atoms with Gasteiger partial charge in [-0.3, -0.25) is 4.79 Å². The van der Waals surface area contributed by atoms with Gasteiger partial charge in [-0.05, 0) is 42.7 Å². The molecule has 3 aromatic rings. The van der Waals surface area contributed by atoms with E-state index in [4.69, 9.17) is 10.5 Å². The standard InChI is InChI=1S/C22H23BrFN3O2S/c23-17-10-8-16(9-11-17)22-27-26-20(30-22)5-3-1-2-4-19(21(25)28)29-14-15-6-12-18(24)13-7-15/h6-13,19H,1-5,14H2,(H2,25,28). The fraction of sp³-hybridized carbons (Fsp3) is 0.318. The van der Waals surface area contributed by atoms with Crippen molar-refractivity contribution in [3.63, 3.8) is 0 Å². The Bertz CT molecular complexity index is 948. The summed E-state index contributed by atoms with van der Waals surface area (Å²) < 4.78 is 19.6. The highest BCUT2D eigenvalue weighted by Crippen LogP contribution is 2.26. The summed E-state index contributed by atoms with van der Waals surface area (Å²) in [5, 5.41) is 10.5. The highest BCUT2D eigenvalue weighted by atomic mass is 79.9. The second-order valence-corrected chi connectivity index (χ2v) is 8.91. The van der Waals surface area contributed by atoms with Gasteiger partial charge in [-0.15, -0.1) is 10.2 Å². The number of hydrogen-bond acceptors (Lipinski definition) is 5. The van der Waals surface area contributed by atoms with Crippen LogP contribution < -0.4 is 5.73 Å². The molecule has 5 nitrogen and oxygen atoms in total. The van der Waals surface area contributed by atoms with E-state index in [0.717, 1.165) is 51.3 Å². The third-order valence-electron chi connectivity index (χ3n) is 4.60. The number of rotatable bonds is 11. The molecule has 1 aromatic heterocycles. The fourth-order valence-electron chi connectivity index (χ4n) is 2.93. The zero-order valence-corrected chi connectivity index (χ0v) is 18.8. The van der Waals surface area contributed by atoms with Gasteiger partial charge in [-0.1, -0.05) is 64.4 Å². The van der Waals surface area contributed by atoms with Crippen molar-refractivity contribution >= 4 is 33.2 Å². The van der Waals surface area contributed by atoms with Gasteiger partial charge in [0.25, 0.3) is 0 Å². The number of unbranched alkanes of at least 4 members (excludes halogenated alkanes) is 2. The SMILES string of the molecule is NC(=O)C(CCCCCc1nnc(-c2ccc(Br)cc2)s1)OCc1ccc(F)cc1. The van der Waals surface area contributed by atoms with Crippen molar-refractivity contribution in [2.45, 2.75) is 44.8 Å². The van der Waals surface area contributed by atoms with Gasteiger partial charge in [0, 0.05) is 16.5 Å². The van der Waals surface area contributed by atoms with Crippen molar-refractivity contribution in [2.75, 3.05) is 0 Å². The van der Waals surface area contributed by atoms with Crippen molar-refractivity contribution in [3.05, 3.63) is 69.4 Å². The van der Waals surface area contributed by atoms with E-state index < -0.39 is 12.0 Å². The minimum absolute atomic E-state index is 0.234. The average Bonchev–Trinajstić information content (AvgIpc) is 3.20. The van der Waals surface area contributed by atoms with Crippen LogP contribution in [0.4, 0.5) is 4.39 Å². The third kappa shape index (κ3) is 6.97. The number of aryl methyl sites for hydroxylation is 1. The summed E-state index contributed by atoms with van der Waals surface area (Å²) in [4.78, 5) is 11.6. The lowest BCUT2D eigenvalue weighted by atomic mass is 10.1. The molecule has 0 radical (unpaired) electrons. The highest BCUT2D eigenvalue weighted by molar-refractivity contribution is 9.10. The van der Waals surface area contributed by atoms with Gasteiger partial charge >= 0.3 is 0 Å². The van der Waals surface area contributed by atoms with Gasteiger partial charge in [0.15, 0.2) is 0 Å². The average molecular weight is 492 g/mol. The van der Waals surface area contributed by atoms with Crippen molar-refractivity contribution in [2.24, 2.45) is 5.73 Å². The van der Waals surface area contributed by atoms with Crippen LogP contribution >= 0.6 is 27.3 Å². The van der Waals surface area contributed by atoms with Gasteiger partial charge < -0.3 is 10.5 Å². The summed E-state index contributed by atoms with van der Waals surface area (Å²) in [5.74, 6) is -0.773. The Labute approximate surface area is 187 Å². The van der Waals surface area contributed by atoms with E-state index in [-0.39, 0.29) is 12.4 Å². The molecule has 0 saturated heterocycles. The lowest BCUT2D eigenvalue weighted by Gasteiger charge is -2.14. The Morgan fingerprint density at radius 2 is 1.80 bits per heavy atom. The monoisotopic (exact) mass is 491 g/mol. The topological polar surface area (TPSA) is 78.1 Å². The third-order valence-corrected chi connectivity index (χ3v) is 6.16. The predicted octanol–water partition coefficient (Wildman–Crippen LogP) is 5.28. The van der Waals surface area contributed by atoms with Crippen LogP contribution in [0, 0.1) is 5.82 Å². The van der Waals surface area contributed by atoms with Crippen LogP contribution in [-0.4, -0.2) is 22.2 Å². The maximum absolute atomic E-state index is 13.0. The first-order chi connectivity index (χ1) is 14.5. The highest BCUT2D eigenvalue weighted by Gasteiger charge is 2.16. The largest absolute Gasteiger partial charge is 0.367 e. The van der Waals surface area contributed by atoms with Crippen LogP contribution in [0.15, 0.2) is 53.0 Å². The first-order valence-corrected chi connectivity index (χ1v) is 11.4. The zero-order valence-electron chi connectivity index (χ0n) is 16.4. The molecule has 8 heteroatoms. The van der Waals surface area contributed by atoms with E-state index in [1.807, 2.05) is 24.3 Å². The number of carbonyl (C=O) groups excluding carboxylic acids is 1. The van der Waals surface area contributed by atoms with Crippen molar-refractivity contribution in [3.8, 4) is 10.6 Å². The molecule has 0 spiro atoms. The first-order valence-electron chi connectivity index (χ1n) is 9.75. The summed E-state index contributed by atoms with van der Waals surface area (Å²) in [7, 11) is 0. The summed E-state index contributed by atoms with van der Waals surface area (Å²) in [6.45, 7) is 0.234. The number of benzene rings is 2. The molecule has 1 heterocycles. The molecule has 2 aromatic carbocycles. The Hall–Kier alpha value is -2.16. The molecule has 0 aliphatic carbocycles. The van der Waals surface area contributed by atoms with E-state index in [0.29, 0.717) is 6.42 Å². The molecule has 3 rings (SSSR count). The van der Waals surface area contributed by atoms with Crippen molar-refractivity contribution in [1.82, 2.24) is 10.2 Å². The number of hydrogen-bond donors (Lipinski definition) is 1. The number of aromatic nitrogens is 2. The molecule has 2 N–H and O–H groups in total. The molecule has 1 amide bonds. The molecule has 1 unspecified atom stereocenters. The number of amides is 1. The minimum atomic E-state index is -0.638. The van der Waals surface area contributed by atoms with Crippen molar-refractivity contribution in [1.29, 1.82) is 0 Å². The molecule has 30 heavy (non-hydrogen) atoms. The van der Waals surface area contributed by atoms with E-state index in [2.05, 4.69) is 26.1 Å². The van der Waals surface area contributed by atoms with Gasteiger partial charge in [-0.25, -0.2) is 4.39 Å². The minimum Gasteiger partial charge on any atom is -0.367 e. The number of carbonyl (C=O) groups is 1. The molecule has 0 aliphatic rings. The van der Waals surface area contributed by atoms with Crippen LogP contribution in [-0.2, 0) is 22.6 Å². The second kappa shape index (κ2) is 11.3. The smallest absolute Gasteiger partial charge is 0.246 e. The summed E-state index contributed by atoms with van der Waals surface area (Å²) in [6.07, 6.45) is 3.51. The molecule has 0 saturated carbocycles. The Morgan fingerprint density at radius 3 is 2.50 bits per heavy atom. The van der Waals surface area contributed by atoms with Gasteiger partial charge in [0.2, 0.25) is 5.91 Å². The van der Waals surface area contributed by atoms with E-state index in [9.17, 15) is 9.18 Å². The summed E-state index contributed by atoms with van der Waals surface area (Å²) in [5.41, 5.74) is 7.32. The summed E-state index contributed by atoms with van der Waals surface area (Å²) in [6, 6.07) is 14.0. The van der Waals surface area contributed by atoms with Crippen LogP contribution in [0.25, 0.3) is 10.6 Å². The Balaban J connectivity index is 1.38. The lowest BCUT2D eigenvalue weighted by Crippen LogP contribution is -2.31. The molecule has 0 bridgehead atoms. The number of nitrogens with zero attached hydrogens (tertiary/aromatic N) is 2. The zero-order chi connectivity index (χ0) is 21.3. The Kier molecular flexibility index (Phi) is 8.48. The molecule has 158 valence electrons. The molecule has 0 aliphatic heterocycles. The maximum atomic E-state index is 13.0. The molecule has 1 atom stereocenters. The van der Waals surface area contributed by atoms with Crippen LogP contribution in [0.2, 0.25) is 0 Å². The number of nitrogens with two attached hydrogens (primary N) is 1. The lowest BCUT2D eigenvalue weighted by molar-refractivity contribution is -0.130. The van der Waals surface area contributed by atoms with E-state index in [1.165, 1.54) is 12.1 Å². The van der Waals surface area contributed by atoms with E-state index in [1.54, 1.807) is 23.5 Å². The van der Waals surface area contributed by atoms with Crippen LogP contribution in [0.5, 0.6) is 0 Å².